The summed E-state index contributed by atoms with van der Waals surface area (Å²) in [5.41, 5.74) is 2.43. The Morgan fingerprint density at radius 1 is 1.23 bits per heavy atom. The van der Waals surface area contributed by atoms with Crippen molar-refractivity contribution in [1.82, 2.24) is 4.90 Å². The second-order valence-corrected chi connectivity index (χ2v) is 4.26. The second kappa shape index (κ2) is 5.11. The number of hydrogen-bond donors (Lipinski definition) is 0. The van der Waals surface area contributed by atoms with Crippen LogP contribution in [0, 0.1) is 5.92 Å². The van der Waals surface area contributed by atoms with Crippen molar-refractivity contribution in [1.29, 1.82) is 0 Å². The van der Waals surface area contributed by atoms with E-state index >= 15 is 0 Å². The molecule has 76 valence electrons. The highest BCUT2D eigenvalue weighted by atomic mass is 15.1. The van der Waals surface area contributed by atoms with Gasteiger partial charge in [-0.1, -0.05) is 19.1 Å². The summed E-state index contributed by atoms with van der Waals surface area (Å²) in [7, 11) is 2.10. The maximum absolute atomic E-state index is 4.11. The van der Waals surface area contributed by atoms with Gasteiger partial charge in [0.1, 0.15) is 0 Å². The van der Waals surface area contributed by atoms with E-state index in [0.717, 1.165) is 6.42 Å². The van der Waals surface area contributed by atoms with E-state index in [0.29, 0.717) is 12.0 Å². The Bertz CT molecular complexity index is 191. The molecule has 0 aliphatic carbocycles. The van der Waals surface area contributed by atoms with Crippen LogP contribution in [0.2, 0.25) is 0 Å². The van der Waals surface area contributed by atoms with E-state index in [4.69, 9.17) is 0 Å². The van der Waals surface area contributed by atoms with Gasteiger partial charge < -0.3 is 4.90 Å². The fourth-order valence-electron chi connectivity index (χ4n) is 1.32. The zero-order valence-electron chi connectivity index (χ0n) is 9.72. The highest BCUT2D eigenvalue weighted by Crippen LogP contribution is 2.20. The molecule has 0 N–H and O–H groups in total. The molecule has 0 aromatic carbocycles. The highest BCUT2D eigenvalue weighted by molar-refractivity contribution is 5.04. The predicted octanol–water partition coefficient (Wildman–Crippen LogP) is 3.44. The van der Waals surface area contributed by atoms with Gasteiger partial charge in [-0.05, 0) is 33.1 Å². The minimum atomic E-state index is 0.505. The SMILES string of the molecule is C=C(C)CC(C)C(=C)N(C)C(C)C. The summed E-state index contributed by atoms with van der Waals surface area (Å²) in [4.78, 5) is 2.23. The van der Waals surface area contributed by atoms with E-state index in [1.807, 2.05) is 0 Å². The van der Waals surface area contributed by atoms with Gasteiger partial charge in [0, 0.05) is 18.8 Å². The quantitative estimate of drug-likeness (QED) is 0.587. The molecule has 1 nitrogen and oxygen atoms in total. The van der Waals surface area contributed by atoms with Crippen molar-refractivity contribution in [3.05, 3.63) is 24.4 Å². The van der Waals surface area contributed by atoms with Crippen molar-refractivity contribution in [2.75, 3.05) is 7.05 Å². The lowest BCUT2D eigenvalue weighted by atomic mass is 9.99. The molecule has 1 heteroatoms. The van der Waals surface area contributed by atoms with Crippen LogP contribution in [0.15, 0.2) is 24.4 Å². The molecule has 0 rings (SSSR count). The van der Waals surface area contributed by atoms with Gasteiger partial charge in [0.05, 0.1) is 0 Å². The fraction of sp³-hybridized carbons (Fsp3) is 0.667. The van der Waals surface area contributed by atoms with Crippen molar-refractivity contribution in [3.8, 4) is 0 Å². The molecule has 0 aromatic rings. The average molecular weight is 181 g/mol. The minimum absolute atomic E-state index is 0.505. The summed E-state index contributed by atoms with van der Waals surface area (Å²) < 4.78 is 0. The molecule has 0 saturated carbocycles. The van der Waals surface area contributed by atoms with Gasteiger partial charge in [-0.3, -0.25) is 0 Å². The Hall–Kier alpha value is -0.720. The lowest BCUT2D eigenvalue weighted by Crippen LogP contribution is -2.28. The first-order chi connectivity index (χ1) is 5.86. The van der Waals surface area contributed by atoms with Crippen LogP contribution < -0.4 is 0 Å². The van der Waals surface area contributed by atoms with Gasteiger partial charge in [-0.25, -0.2) is 0 Å². The predicted molar refractivity (Wildman–Crippen MR) is 60.6 cm³/mol. The number of hydrogen-bond acceptors (Lipinski definition) is 1. The molecule has 0 aliphatic heterocycles. The normalized spacial score (nSPS) is 12.8. The molecule has 0 amide bonds. The largest absolute Gasteiger partial charge is 0.376 e. The Morgan fingerprint density at radius 3 is 2.00 bits per heavy atom. The molecule has 1 atom stereocenters. The van der Waals surface area contributed by atoms with Gasteiger partial charge in [0.2, 0.25) is 0 Å². The number of rotatable bonds is 5. The molecule has 0 heterocycles. The van der Waals surface area contributed by atoms with Gasteiger partial charge >= 0.3 is 0 Å². The van der Waals surface area contributed by atoms with Crippen LogP contribution in [-0.2, 0) is 0 Å². The third-order valence-corrected chi connectivity index (χ3v) is 2.45. The van der Waals surface area contributed by atoms with E-state index in [9.17, 15) is 0 Å². The molecule has 0 bridgehead atoms. The van der Waals surface area contributed by atoms with Gasteiger partial charge in [0.15, 0.2) is 0 Å². The molecular weight excluding hydrogens is 158 g/mol. The maximum atomic E-state index is 4.11. The molecular formula is C12H23N. The summed E-state index contributed by atoms with van der Waals surface area (Å²) in [5, 5.41) is 0. The second-order valence-electron chi connectivity index (χ2n) is 4.26. The van der Waals surface area contributed by atoms with E-state index in [1.165, 1.54) is 11.3 Å². The van der Waals surface area contributed by atoms with Gasteiger partial charge in [-0.15, -0.1) is 6.58 Å². The molecule has 0 fully saturated rings. The smallest absolute Gasteiger partial charge is 0.0227 e. The zero-order valence-corrected chi connectivity index (χ0v) is 9.72. The molecule has 1 unspecified atom stereocenters. The van der Waals surface area contributed by atoms with Crippen molar-refractivity contribution in [3.63, 3.8) is 0 Å². The summed E-state index contributed by atoms with van der Waals surface area (Å²) in [6.45, 7) is 16.7. The molecule has 0 aliphatic rings. The van der Waals surface area contributed by atoms with Crippen molar-refractivity contribution in [2.24, 2.45) is 5.92 Å². The fourth-order valence-corrected chi connectivity index (χ4v) is 1.32. The third kappa shape index (κ3) is 4.16. The van der Waals surface area contributed by atoms with Crippen LogP contribution in [0.5, 0.6) is 0 Å². The first-order valence-corrected chi connectivity index (χ1v) is 4.92. The lowest BCUT2D eigenvalue weighted by Gasteiger charge is -2.30. The summed E-state index contributed by atoms with van der Waals surface area (Å²) in [6, 6.07) is 0.528. The summed E-state index contributed by atoms with van der Waals surface area (Å²) >= 11 is 0. The van der Waals surface area contributed by atoms with Gasteiger partial charge in [-0.2, -0.15) is 0 Å². The summed E-state index contributed by atoms with van der Waals surface area (Å²) in [5.74, 6) is 0.505. The monoisotopic (exact) mass is 181 g/mol. The van der Waals surface area contributed by atoms with Crippen LogP contribution in [0.4, 0.5) is 0 Å². The van der Waals surface area contributed by atoms with Crippen LogP contribution in [0.1, 0.15) is 34.1 Å². The highest BCUT2D eigenvalue weighted by Gasteiger charge is 2.12. The lowest BCUT2D eigenvalue weighted by molar-refractivity contribution is 0.307. The molecule has 0 radical (unpaired) electrons. The van der Waals surface area contributed by atoms with E-state index in [1.54, 1.807) is 0 Å². The molecule has 0 saturated heterocycles. The summed E-state index contributed by atoms with van der Waals surface area (Å²) in [6.07, 6.45) is 1.04. The molecule has 13 heavy (non-hydrogen) atoms. The van der Waals surface area contributed by atoms with Crippen molar-refractivity contribution >= 4 is 0 Å². The van der Waals surface area contributed by atoms with Gasteiger partial charge in [0.25, 0.3) is 0 Å². The maximum Gasteiger partial charge on any atom is 0.0227 e. The Balaban J connectivity index is 4.17. The Morgan fingerprint density at radius 2 is 1.69 bits per heavy atom. The van der Waals surface area contributed by atoms with E-state index in [2.05, 4.69) is 52.8 Å². The number of allylic oxidation sites excluding steroid dienone is 2. The van der Waals surface area contributed by atoms with Crippen LogP contribution in [-0.4, -0.2) is 18.0 Å². The molecule has 0 spiro atoms. The first-order valence-electron chi connectivity index (χ1n) is 4.92. The first kappa shape index (κ1) is 12.3. The van der Waals surface area contributed by atoms with E-state index < -0.39 is 0 Å². The van der Waals surface area contributed by atoms with E-state index in [-0.39, 0.29) is 0 Å². The van der Waals surface area contributed by atoms with Crippen LogP contribution in [0.3, 0.4) is 0 Å². The standard InChI is InChI=1S/C12H23N/c1-9(2)8-11(5)12(6)13(7)10(3)4/h10-11H,1,6,8H2,2-5,7H3. The zero-order chi connectivity index (χ0) is 10.6. The van der Waals surface area contributed by atoms with Crippen LogP contribution in [0.25, 0.3) is 0 Å². The number of nitrogens with zero attached hydrogens (tertiary/aromatic N) is 1. The average Bonchev–Trinajstić information content (AvgIpc) is 2.00. The third-order valence-electron chi connectivity index (χ3n) is 2.45. The molecule has 0 aromatic heterocycles. The van der Waals surface area contributed by atoms with Crippen LogP contribution >= 0.6 is 0 Å². The Kier molecular flexibility index (Phi) is 4.82. The van der Waals surface area contributed by atoms with Crippen molar-refractivity contribution in [2.45, 2.75) is 40.2 Å². The Labute approximate surface area is 83.1 Å². The van der Waals surface area contributed by atoms with Crippen molar-refractivity contribution < 1.29 is 0 Å². The topological polar surface area (TPSA) is 3.24 Å². The minimum Gasteiger partial charge on any atom is -0.376 e.